The number of hydrogen-bond donors (Lipinski definition) is 0. The lowest BCUT2D eigenvalue weighted by atomic mass is 9.97. The van der Waals surface area contributed by atoms with Crippen molar-refractivity contribution < 1.29 is 41.0 Å². The molecule has 0 N–H and O–H groups in total. The highest BCUT2D eigenvalue weighted by Crippen LogP contribution is 2.34. The van der Waals surface area contributed by atoms with Gasteiger partial charge in [0.2, 0.25) is 5.82 Å². The van der Waals surface area contributed by atoms with E-state index in [9.17, 15) is 26.7 Å². The Morgan fingerprint density at radius 3 is 2.24 bits per heavy atom. The van der Waals surface area contributed by atoms with Crippen LogP contribution in [0.25, 0.3) is 11.1 Å². The van der Waals surface area contributed by atoms with Crippen molar-refractivity contribution in [2.45, 2.75) is 58.5 Å². The summed E-state index contributed by atoms with van der Waals surface area (Å²) in [7, 11) is 0. The first kappa shape index (κ1) is 27.4. The SMILES string of the molecule is CCCCCCC(CCOC(=O)Oc1ccc(-c2ccc(OCC)cc2)c(F)c1F)C(F)(F)F. The zero-order valence-electron chi connectivity index (χ0n) is 19.2. The molecule has 0 fully saturated rings. The van der Waals surface area contributed by atoms with Crippen LogP contribution in [0.5, 0.6) is 11.5 Å². The molecule has 0 aliphatic rings. The van der Waals surface area contributed by atoms with Crippen LogP contribution in [0.1, 0.15) is 52.4 Å². The Morgan fingerprint density at radius 1 is 0.912 bits per heavy atom. The number of benzene rings is 2. The summed E-state index contributed by atoms with van der Waals surface area (Å²) in [6.45, 7) is 3.69. The fourth-order valence-corrected chi connectivity index (χ4v) is 3.42. The second-order valence-electron chi connectivity index (χ2n) is 7.77. The molecule has 2 rings (SSSR count). The van der Waals surface area contributed by atoms with Crippen molar-refractivity contribution in [1.29, 1.82) is 0 Å². The maximum Gasteiger partial charge on any atom is 0.513 e. The third-order valence-electron chi connectivity index (χ3n) is 5.27. The summed E-state index contributed by atoms with van der Waals surface area (Å²) in [6, 6.07) is 8.60. The van der Waals surface area contributed by atoms with Gasteiger partial charge in [-0.25, -0.2) is 9.18 Å². The third-order valence-corrected chi connectivity index (χ3v) is 5.27. The van der Waals surface area contributed by atoms with Crippen LogP contribution in [0.3, 0.4) is 0 Å². The molecule has 9 heteroatoms. The molecule has 0 aliphatic carbocycles. The highest BCUT2D eigenvalue weighted by atomic mass is 19.4. The Labute approximate surface area is 196 Å². The van der Waals surface area contributed by atoms with Crippen LogP contribution in [-0.2, 0) is 4.74 Å². The summed E-state index contributed by atoms with van der Waals surface area (Å²) in [5.74, 6) is -4.40. The molecule has 34 heavy (non-hydrogen) atoms. The first-order valence-electron chi connectivity index (χ1n) is 11.3. The van der Waals surface area contributed by atoms with Crippen molar-refractivity contribution in [2.24, 2.45) is 5.92 Å². The van der Waals surface area contributed by atoms with Crippen LogP contribution in [-0.4, -0.2) is 25.5 Å². The minimum absolute atomic E-state index is 0.0580. The van der Waals surface area contributed by atoms with Gasteiger partial charge in [0, 0.05) is 5.56 Å². The summed E-state index contributed by atoms with van der Waals surface area (Å²) < 4.78 is 83.1. The lowest BCUT2D eigenvalue weighted by Gasteiger charge is -2.20. The lowest BCUT2D eigenvalue weighted by Crippen LogP contribution is -2.25. The quantitative estimate of drug-likeness (QED) is 0.131. The number of rotatable bonds is 12. The summed E-state index contributed by atoms with van der Waals surface area (Å²) in [5, 5.41) is 0. The number of carbonyl (C=O) groups excluding carboxylic acids is 1. The van der Waals surface area contributed by atoms with Gasteiger partial charge >= 0.3 is 12.3 Å². The smallest absolute Gasteiger partial charge is 0.494 e. The van der Waals surface area contributed by atoms with E-state index in [1.54, 1.807) is 24.3 Å². The van der Waals surface area contributed by atoms with Gasteiger partial charge in [0.25, 0.3) is 0 Å². The summed E-state index contributed by atoms with van der Waals surface area (Å²) >= 11 is 0. The van der Waals surface area contributed by atoms with Gasteiger partial charge in [-0.1, -0.05) is 44.7 Å². The average Bonchev–Trinajstić information content (AvgIpc) is 2.79. The number of halogens is 5. The fourth-order valence-electron chi connectivity index (χ4n) is 3.42. The summed E-state index contributed by atoms with van der Waals surface area (Å²) in [6.07, 6.45) is -3.43. The van der Waals surface area contributed by atoms with Crippen molar-refractivity contribution >= 4 is 6.16 Å². The minimum atomic E-state index is -4.41. The van der Waals surface area contributed by atoms with Crippen LogP contribution in [0, 0.1) is 17.6 Å². The van der Waals surface area contributed by atoms with E-state index in [0.29, 0.717) is 30.8 Å². The first-order valence-corrected chi connectivity index (χ1v) is 11.3. The maximum absolute atomic E-state index is 14.5. The topological polar surface area (TPSA) is 44.8 Å². The van der Waals surface area contributed by atoms with Crippen LogP contribution >= 0.6 is 0 Å². The Bertz CT molecular complexity index is 913. The first-order chi connectivity index (χ1) is 16.2. The zero-order chi connectivity index (χ0) is 25.1. The fraction of sp³-hybridized carbons (Fsp3) is 0.480. The summed E-state index contributed by atoms with van der Waals surface area (Å²) in [4.78, 5) is 11.8. The van der Waals surface area contributed by atoms with Gasteiger partial charge in [0.05, 0.1) is 19.1 Å². The molecule has 2 aromatic rings. The molecule has 1 unspecified atom stereocenters. The lowest BCUT2D eigenvalue weighted by molar-refractivity contribution is -0.180. The van der Waals surface area contributed by atoms with E-state index in [2.05, 4.69) is 9.47 Å². The zero-order valence-corrected chi connectivity index (χ0v) is 19.2. The summed E-state index contributed by atoms with van der Waals surface area (Å²) in [5.41, 5.74) is 0.323. The molecule has 188 valence electrons. The van der Waals surface area contributed by atoms with Gasteiger partial charge in [-0.05, 0) is 49.6 Å². The highest BCUT2D eigenvalue weighted by molar-refractivity contribution is 5.68. The van der Waals surface area contributed by atoms with Gasteiger partial charge in [-0.3, -0.25) is 0 Å². The van der Waals surface area contributed by atoms with Crippen molar-refractivity contribution in [3.05, 3.63) is 48.0 Å². The van der Waals surface area contributed by atoms with Crippen molar-refractivity contribution in [3.63, 3.8) is 0 Å². The molecule has 0 heterocycles. The molecule has 2 aromatic carbocycles. The Kier molecular flexibility index (Phi) is 10.6. The van der Waals surface area contributed by atoms with E-state index < -0.39 is 48.7 Å². The van der Waals surface area contributed by atoms with Gasteiger partial charge in [-0.2, -0.15) is 17.6 Å². The molecular formula is C25H29F5O4. The molecule has 0 saturated carbocycles. The van der Waals surface area contributed by atoms with Crippen LogP contribution < -0.4 is 9.47 Å². The van der Waals surface area contributed by atoms with Gasteiger partial charge in [-0.15, -0.1) is 0 Å². The standard InChI is InChI=1S/C25H29F5O4/c1-3-5-6-7-8-18(25(28,29)30)15-16-33-24(31)34-21-14-13-20(22(26)23(21)27)17-9-11-19(12-10-17)32-4-2/h9-14,18H,3-8,15-16H2,1-2H3. The number of alkyl halides is 3. The number of unbranched alkanes of at least 4 members (excludes halogenated alkanes) is 3. The molecule has 0 radical (unpaired) electrons. The Morgan fingerprint density at radius 2 is 1.62 bits per heavy atom. The molecule has 0 saturated heterocycles. The predicted octanol–water partition coefficient (Wildman–Crippen LogP) is 8.08. The molecule has 0 amide bonds. The number of ether oxygens (including phenoxy) is 3. The maximum atomic E-state index is 14.5. The normalized spacial score (nSPS) is 12.3. The van der Waals surface area contributed by atoms with Gasteiger partial charge in [0.15, 0.2) is 11.6 Å². The van der Waals surface area contributed by atoms with E-state index >= 15 is 0 Å². The van der Waals surface area contributed by atoms with E-state index in [1.807, 2.05) is 13.8 Å². The molecule has 0 bridgehead atoms. The Balaban J connectivity index is 1.94. The van der Waals surface area contributed by atoms with Gasteiger partial charge < -0.3 is 14.2 Å². The molecule has 1 atom stereocenters. The van der Waals surface area contributed by atoms with E-state index in [0.717, 1.165) is 18.9 Å². The molecule has 0 aromatic heterocycles. The van der Waals surface area contributed by atoms with Crippen molar-refractivity contribution in [1.82, 2.24) is 0 Å². The van der Waals surface area contributed by atoms with Crippen molar-refractivity contribution in [2.75, 3.05) is 13.2 Å². The second-order valence-corrected chi connectivity index (χ2v) is 7.77. The predicted molar refractivity (Wildman–Crippen MR) is 118 cm³/mol. The monoisotopic (exact) mass is 488 g/mol. The van der Waals surface area contributed by atoms with Crippen LogP contribution in [0.15, 0.2) is 36.4 Å². The second kappa shape index (κ2) is 13.2. The number of carbonyl (C=O) groups is 1. The van der Waals surface area contributed by atoms with Crippen LogP contribution in [0.4, 0.5) is 26.7 Å². The van der Waals surface area contributed by atoms with E-state index in [1.165, 1.54) is 6.07 Å². The molecule has 4 nitrogen and oxygen atoms in total. The van der Waals surface area contributed by atoms with Gasteiger partial charge in [0.1, 0.15) is 5.75 Å². The minimum Gasteiger partial charge on any atom is -0.494 e. The van der Waals surface area contributed by atoms with E-state index in [4.69, 9.17) is 4.74 Å². The Hall–Kier alpha value is -2.84. The average molecular weight is 488 g/mol. The molecular weight excluding hydrogens is 459 g/mol. The largest absolute Gasteiger partial charge is 0.513 e. The third kappa shape index (κ3) is 8.18. The molecule has 0 spiro atoms. The highest BCUT2D eigenvalue weighted by Gasteiger charge is 2.38. The van der Waals surface area contributed by atoms with Crippen LogP contribution in [0.2, 0.25) is 0 Å². The van der Waals surface area contributed by atoms with E-state index in [-0.39, 0.29) is 12.0 Å². The number of hydrogen-bond acceptors (Lipinski definition) is 4. The molecule has 0 aliphatic heterocycles. The van der Waals surface area contributed by atoms with Crippen molar-refractivity contribution in [3.8, 4) is 22.6 Å².